The molecule has 0 aliphatic carbocycles. The van der Waals surface area contributed by atoms with Crippen molar-refractivity contribution in [3.8, 4) is 0 Å². The number of hydrogen-bond acceptors (Lipinski definition) is 5. The van der Waals surface area contributed by atoms with Gasteiger partial charge in [0.05, 0.1) is 25.4 Å². The molecular formula is C60H115NO5. The van der Waals surface area contributed by atoms with Gasteiger partial charge >= 0.3 is 5.97 Å². The Hall–Kier alpha value is -1.66. The summed E-state index contributed by atoms with van der Waals surface area (Å²) in [7, 11) is 0. The number of rotatable bonds is 55. The van der Waals surface area contributed by atoms with Gasteiger partial charge in [0.1, 0.15) is 0 Å². The molecule has 6 heteroatoms. The number of esters is 1. The first-order valence-corrected chi connectivity index (χ1v) is 29.6. The lowest BCUT2D eigenvalue weighted by Gasteiger charge is -2.20. The normalized spacial score (nSPS) is 12.7. The molecule has 0 aliphatic rings. The molecule has 0 bridgehead atoms. The summed E-state index contributed by atoms with van der Waals surface area (Å²) in [5.41, 5.74) is 0. The standard InChI is InChI=1S/C60H115NO5/c1-3-5-7-9-11-13-33-38-42-46-50-54-60(65)66-55-51-47-43-39-35-32-30-28-26-24-22-20-18-16-15-17-19-21-23-25-27-29-31-34-37-41-45-49-53-59(64)61-57(56-62)58(63)52-48-44-40-36-14-12-10-8-6-4-2/h15-16,48,52,57-58,62-63H,3-14,17-47,49-51,53-56H2,1-2H3,(H,61,64)/b16-15-,52-48+. The van der Waals surface area contributed by atoms with Crippen molar-refractivity contribution in [1.82, 2.24) is 5.32 Å². The van der Waals surface area contributed by atoms with E-state index < -0.39 is 12.1 Å². The van der Waals surface area contributed by atoms with E-state index in [0.29, 0.717) is 19.4 Å². The number of hydrogen-bond donors (Lipinski definition) is 3. The fraction of sp³-hybridized carbons (Fsp3) is 0.900. The minimum atomic E-state index is -0.842. The number of aliphatic hydroxyl groups excluding tert-OH is 2. The molecule has 0 saturated carbocycles. The van der Waals surface area contributed by atoms with Crippen LogP contribution < -0.4 is 5.32 Å². The van der Waals surface area contributed by atoms with E-state index in [4.69, 9.17) is 4.74 Å². The van der Waals surface area contributed by atoms with Crippen molar-refractivity contribution in [3.05, 3.63) is 24.3 Å². The van der Waals surface area contributed by atoms with Gasteiger partial charge in [-0.3, -0.25) is 9.59 Å². The molecule has 0 spiro atoms. The Labute approximate surface area is 411 Å². The van der Waals surface area contributed by atoms with Gasteiger partial charge in [0, 0.05) is 12.8 Å². The molecule has 2 atom stereocenters. The van der Waals surface area contributed by atoms with Gasteiger partial charge in [-0.15, -0.1) is 0 Å². The lowest BCUT2D eigenvalue weighted by Crippen LogP contribution is -2.45. The number of nitrogens with one attached hydrogen (secondary N) is 1. The maximum atomic E-state index is 12.4. The smallest absolute Gasteiger partial charge is 0.305 e. The lowest BCUT2D eigenvalue weighted by atomic mass is 10.0. The molecule has 0 radical (unpaired) electrons. The highest BCUT2D eigenvalue weighted by Crippen LogP contribution is 2.17. The van der Waals surface area contributed by atoms with Crippen molar-refractivity contribution in [1.29, 1.82) is 0 Å². The van der Waals surface area contributed by atoms with E-state index in [9.17, 15) is 19.8 Å². The maximum Gasteiger partial charge on any atom is 0.305 e. The number of ether oxygens (including phenoxy) is 1. The highest BCUT2D eigenvalue weighted by molar-refractivity contribution is 5.76. The highest BCUT2D eigenvalue weighted by atomic mass is 16.5. The predicted octanol–water partition coefficient (Wildman–Crippen LogP) is 18.2. The molecule has 0 aromatic carbocycles. The molecule has 1 amide bonds. The summed E-state index contributed by atoms with van der Waals surface area (Å²) in [6.07, 6.45) is 68.0. The average Bonchev–Trinajstić information content (AvgIpc) is 3.32. The van der Waals surface area contributed by atoms with Crippen LogP contribution in [0.25, 0.3) is 0 Å². The van der Waals surface area contributed by atoms with Crippen LogP contribution in [0.15, 0.2) is 24.3 Å². The fourth-order valence-corrected chi connectivity index (χ4v) is 9.16. The number of unbranched alkanes of at least 4 members (excludes halogenated alkanes) is 42. The molecule has 0 rings (SSSR count). The Kier molecular flexibility index (Phi) is 54.5. The SMILES string of the molecule is CCCCCCCCCC/C=C/C(O)C(CO)NC(=O)CCCCCCCCCCCCCC/C=C\CCCCCCCCCCCCCCOC(=O)CCCCCCCCCCCCC. The fourth-order valence-electron chi connectivity index (χ4n) is 9.16. The van der Waals surface area contributed by atoms with Crippen LogP contribution in [0.2, 0.25) is 0 Å². The van der Waals surface area contributed by atoms with Crippen LogP contribution in [0.4, 0.5) is 0 Å². The monoisotopic (exact) mass is 930 g/mol. The van der Waals surface area contributed by atoms with Gasteiger partial charge in [0.25, 0.3) is 0 Å². The molecule has 0 saturated heterocycles. The molecular weight excluding hydrogens is 815 g/mol. The van der Waals surface area contributed by atoms with Crippen molar-refractivity contribution in [3.63, 3.8) is 0 Å². The quantitative estimate of drug-likeness (QED) is 0.0321. The number of allylic oxidation sites excluding steroid dienone is 3. The van der Waals surface area contributed by atoms with Gasteiger partial charge in [0.15, 0.2) is 0 Å². The first kappa shape index (κ1) is 64.3. The molecule has 0 aliphatic heterocycles. The number of amides is 1. The third-order valence-electron chi connectivity index (χ3n) is 13.7. The minimum absolute atomic E-state index is 0.0151. The van der Waals surface area contributed by atoms with E-state index in [1.165, 1.54) is 257 Å². The summed E-state index contributed by atoms with van der Waals surface area (Å²) in [6.45, 7) is 4.89. The number of carbonyl (C=O) groups excluding carboxylic acids is 2. The summed E-state index contributed by atoms with van der Waals surface area (Å²) in [4.78, 5) is 24.4. The summed E-state index contributed by atoms with van der Waals surface area (Å²) >= 11 is 0. The zero-order valence-electron chi connectivity index (χ0n) is 44.4. The van der Waals surface area contributed by atoms with E-state index in [1.54, 1.807) is 6.08 Å². The van der Waals surface area contributed by atoms with E-state index in [1.807, 2.05) is 6.08 Å². The summed E-state index contributed by atoms with van der Waals surface area (Å²) in [6, 6.07) is -0.625. The Morgan fingerprint density at radius 1 is 0.409 bits per heavy atom. The van der Waals surface area contributed by atoms with Gasteiger partial charge in [0.2, 0.25) is 5.91 Å². The van der Waals surface area contributed by atoms with Gasteiger partial charge in [-0.2, -0.15) is 0 Å². The topological polar surface area (TPSA) is 95.9 Å². The van der Waals surface area contributed by atoms with Gasteiger partial charge in [-0.25, -0.2) is 0 Å². The van der Waals surface area contributed by atoms with E-state index in [0.717, 1.165) is 38.5 Å². The van der Waals surface area contributed by atoms with Crippen molar-refractivity contribution in [2.24, 2.45) is 0 Å². The van der Waals surface area contributed by atoms with Crippen LogP contribution in [-0.4, -0.2) is 47.4 Å². The molecule has 0 aromatic rings. The molecule has 2 unspecified atom stereocenters. The van der Waals surface area contributed by atoms with Crippen LogP contribution in [0.3, 0.4) is 0 Å². The molecule has 390 valence electrons. The Morgan fingerprint density at radius 2 is 0.712 bits per heavy atom. The zero-order valence-corrected chi connectivity index (χ0v) is 44.4. The number of carbonyl (C=O) groups is 2. The summed E-state index contributed by atoms with van der Waals surface area (Å²) in [5.74, 6) is -0.0541. The third kappa shape index (κ3) is 51.7. The van der Waals surface area contributed by atoms with Crippen LogP contribution in [-0.2, 0) is 14.3 Å². The van der Waals surface area contributed by atoms with Crippen LogP contribution >= 0.6 is 0 Å². The average molecular weight is 931 g/mol. The Balaban J connectivity index is 3.37. The Morgan fingerprint density at radius 3 is 1.08 bits per heavy atom. The summed E-state index contributed by atoms with van der Waals surface area (Å²) < 4.78 is 5.46. The molecule has 0 heterocycles. The first-order chi connectivity index (χ1) is 32.5. The summed E-state index contributed by atoms with van der Waals surface area (Å²) in [5, 5.41) is 23.0. The molecule has 3 N–H and O–H groups in total. The van der Waals surface area contributed by atoms with Gasteiger partial charge in [-0.05, 0) is 57.8 Å². The lowest BCUT2D eigenvalue weighted by molar-refractivity contribution is -0.143. The van der Waals surface area contributed by atoms with Gasteiger partial charge in [-0.1, -0.05) is 276 Å². The molecule has 0 fully saturated rings. The zero-order chi connectivity index (χ0) is 47.9. The second-order valence-corrected chi connectivity index (χ2v) is 20.3. The van der Waals surface area contributed by atoms with Crippen molar-refractivity contribution >= 4 is 11.9 Å². The third-order valence-corrected chi connectivity index (χ3v) is 13.7. The molecule has 66 heavy (non-hydrogen) atoms. The second-order valence-electron chi connectivity index (χ2n) is 20.3. The second kappa shape index (κ2) is 55.9. The maximum absolute atomic E-state index is 12.4. The largest absolute Gasteiger partial charge is 0.466 e. The highest BCUT2D eigenvalue weighted by Gasteiger charge is 2.18. The molecule has 6 nitrogen and oxygen atoms in total. The van der Waals surface area contributed by atoms with E-state index in [2.05, 4.69) is 31.3 Å². The number of aliphatic hydroxyl groups is 2. The van der Waals surface area contributed by atoms with E-state index >= 15 is 0 Å². The van der Waals surface area contributed by atoms with Crippen LogP contribution in [0.1, 0.15) is 322 Å². The van der Waals surface area contributed by atoms with Crippen molar-refractivity contribution < 1.29 is 24.5 Å². The van der Waals surface area contributed by atoms with Crippen molar-refractivity contribution in [2.75, 3.05) is 13.2 Å². The molecule has 0 aromatic heterocycles. The van der Waals surface area contributed by atoms with Crippen LogP contribution in [0, 0.1) is 0 Å². The van der Waals surface area contributed by atoms with Crippen LogP contribution in [0.5, 0.6) is 0 Å². The predicted molar refractivity (Wildman–Crippen MR) is 287 cm³/mol. The first-order valence-electron chi connectivity index (χ1n) is 29.6. The Bertz CT molecular complexity index is 1030. The minimum Gasteiger partial charge on any atom is -0.466 e. The van der Waals surface area contributed by atoms with E-state index in [-0.39, 0.29) is 18.5 Å². The van der Waals surface area contributed by atoms with Gasteiger partial charge < -0.3 is 20.3 Å². The van der Waals surface area contributed by atoms with Crippen molar-refractivity contribution in [2.45, 2.75) is 334 Å².